The maximum atomic E-state index is 14.3. The molecule has 208 valence electrons. The molecule has 1 aliphatic carbocycles. The number of nitrogens with one attached hydrogen (secondary N) is 1. The van der Waals surface area contributed by atoms with E-state index in [9.17, 15) is 19.8 Å². The molecular weight excluding hydrogens is 520 g/mol. The van der Waals surface area contributed by atoms with Crippen molar-refractivity contribution in [2.75, 3.05) is 4.90 Å². The fourth-order valence-electron chi connectivity index (χ4n) is 5.52. The van der Waals surface area contributed by atoms with Gasteiger partial charge in [0.25, 0.3) is 0 Å². The molecular formula is C31H30N6O4. The van der Waals surface area contributed by atoms with Gasteiger partial charge in [0.05, 0.1) is 22.9 Å². The second-order valence-electron chi connectivity index (χ2n) is 10.4. The number of carbonyl (C=O) groups excluding carboxylic acids is 2. The van der Waals surface area contributed by atoms with Crippen LogP contribution >= 0.6 is 0 Å². The zero-order chi connectivity index (χ0) is 28.3. The maximum Gasteiger partial charge on any atom is 0.249 e. The lowest BCUT2D eigenvalue weighted by Crippen LogP contribution is -2.48. The molecule has 2 amide bonds. The van der Waals surface area contributed by atoms with Crippen LogP contribution in [0.4, 0.5) is 5.69 Å². The summed E-state index contributed by atoms with van der Waals surface area (Å²) in [6.45, 7) is -0.190. The van der Waals surface area contributed by atoms with Crippen LogP contribution in [0.15, 0.2) is 79.0 Å². The van der Waals surface area contributed by atoms with Gasteiger partial charge in [-0.2, -0.15) is 0 Å². The van der Waals surface area contributed by atoms with E-state index in [0.29, 0.717) is 22.3 Å². The van der Waals surface area contributed by atoms with Gasteiger partial charge in [-0.3, -0.25) is 19.5 Å². The van der Waals surface area contributed by atoms with Gasteiger partial charge in [-0.15, -0.1) is 5.10 Å². The number of fused-ring (bicyclic) bond motifs is 2. The van der Waals surface area contributed by atoms with E-state index in [1.54, 1.807) is 12.3 Å². The zero-order valence-electron chi connectivity index (χ0n) is 22.3. The van der Waals surface area contributed by atoms with Crippen molar-refractivity contribution in [1.82, 2.24) is 25.3 Å². The molecule has 10 heteroatoms. The summed E-state index contributed by atoms with van der Waals surface area (Å²) in [5.74, 6) is -1.51. The van der Waals surface area contributed by atoms with Gasteiger partial charge < -0.3 is 15.5 Å². The summed E-state index contributed by atoms with van der Waals surface area (Å²) < 4.78 is 1.50. The van der Waals surface area contributed by atoms with Gasteiger partial charge in [0.15, 0.2) is 11.5 Å². The summed E-state index contributed by atoms with van der Waals surface area (Å²) in [6.07, 6.45) is 6.45. The third kappa shape index (κ3) is 5.41. The van der Waals surface area contributed by atoms with E-state index in [0.717, 1.165) is 43.0 Å². The Morgan fingerprint density at radius 1 is 0.927 bits per heavy atom. The lowest BCUT2D eigenvalue weighted by molar-refractivity contribution is -0.127. The van der Waals surface area contributed by atoms with Crippen LogP contribution in [0, 0.1) is 0 Å². The molecule has 5 aromatic rings. The first-order valence-corrected chi connectivity index (χ1v) is 13.8. The van der Waals surface area contributed by atoms with E-state index < -0.39 is 11.9 Å². The van der Waals surface area contributed by atoms with Crippen LogP contribution in [-0.2, 0) is 16.1 Å². The zero-order valence-corrected chi connectivity index (χ0v) is 22.3. The fraction of sp³-hybridized carbons (Fsp3) is 0.258. The van der Waals surface area contributed by atoms with Gasteiger partial charge in [-0.05, 0) is 54.8 Å². The van der Waals surface area contributed by atoms with E-state index in [2.05, 4.69) is 20.6 Å². The number of carbonyl (C=O) groups is 2. The number of hydrogen-bond donors (Lipinski definition) is 3. The first kappa shape index (κ1) is 26.2. The molecule has 1 aliphatic rings. The first-order valence-electron chi connectivity index (χ1n) is 13.8. The van der Waals surface area contributed by atoms with Crippen molar-refractivity contribution in [1.29, 1.82) is 0 Å². The third-order valence-corrected chi connectivity index (χ3v) is 7.60. The molecule has 41 heavy (non-hydrogen) atoms. The monoisotopic (exact) mass is 550 g/mol. The Bertz CT molecular complexity index is 1730. The summed E-state index contributed by atoms with van der Waals surface area (Å²) in [5.41, 5.74) is 2.83. The number of pyridine rings is 1. The number of aromatic hydroxyl groups is 2. The molecule has 0 aliphatic heterocycles. The van der Waals surface area contributed by atoms with Crippen molar-refractivity contribution >= 4 is 39.4 Å². The number of hydrogen-bond acceptors (Lipinski definition) is 7. The Morgan fingerprint density at radius 3 is 2.49 bits per heavy atom. The standard InChI is InChI=1S/C31H30N6O4/c38-27-15-14-21(17-28(27)39)30(31(41)33-22-9-2-1-3-10-22)37(23-16-20-8-4-5-11-24(20)32-18-23)29(40)19-36-26-13-7-6-12-25(26)34-35-36/h4-8,11-18,22,30,38-39H,1-3,9-10,19H2,(H,33,41). The fourth-order valence-corrected chi connectivity index (χ4v) is 5.52. The van der Waals surface area contributed by atoms with Crippen LogP contribution < -0.4 is 10.2 Å². The smallest absolute Gasteiger partial charge is 0.249 e. The van der Waals surface area contributed by atoms with E-state index in [1.807, 2.05) is 54.6 Å². The van der Waals surface area contributed by atoms with Crippen molar-refractivity contribution in [3.8, 4) is 11.5 Å². The van der Waals surface area contributed by atoms with Crippen LogP contribution in [-0.4, -0.2) is 48.0 Å². The Balaban J connectivity index is 1.46. The van der Waals surface area contributed by atoms with Gasteiger partial charge in [-0.1, -0.05) is 60.9 Å². The number of benzene rings is 3. The van der Waals surface area contributed by atoms with Crippen LogP contribution in [0.2, 0.25) is 0 Å². The normalized spacial score (nSPS) is 14.6. The van der Waals surface area contributed by atoms with Gasteiger partial charge in [0, 0.05) is 11.4 Å². The topological polar surface area (TPSA) is 133 Å². The second kappa shape index (κ2) is 11.2. The van der Waals surface area contributed by atoms with Crippen molar-refractivity contribution in [3.63, 3.8) is 0 Å². The minimum Gasteiger partial charge on any atom is -0.504 e. The van der Waals surface area contributed by atoms with Crippen molar-refractivity contribution in [3.05, 3.63) is 84.6 Å². The highest BCUT2D eigenvalue weighted by molar-refractivity contribution is 6.02. The molecule has 0 radical (unpaired) electrons. The number of phenols is 2. The lowest BCUT2D eigenvalue weighted by Gasteiger charge is -2.33. The molecule has 10 nitrogen and oxygen atoms in total. The average Bonchev–Trinajstić information content (AvgIpc) is 3.40. The molecule has 0 bridgehead atoms. The number of aromatic nitrogens is 4. The van der Waals surface area contributed by atoms with E-state index in [4.69, 9.17) is 0 Å². The Kier molecular flexibility index (Phi) is 7.20. The quantitative estimate of drug-likeness (QED) is 0.252. The number of phenolic OH excluding ortho intramolecular Hbond substituents is 2. The highest BCUT2D eigenvalue weighted by atomic mass is 16.3. The summed E-state index contributed by atoms with van der Waals surface area (Å²) in [7, 11) is 0. The van der Waals surface area contributed by atoms with Crippen LogP contribution in [0.25, 0.3) is 21.9 Å². The van der Waals surface area contributed by atoms with Gasteiger partial charge in [0.1, 0.15) is 18.1 Å². The van der Waals surface area contributed by atoms with Gasteiger partial charge in [0.2, 0.25) is 11.8 Å². The Labute approximate surface area is 236 Å². The molecule has 0 spiro atoms. The molecule has 2 aromatic heterocycles. The second-order valence-corrected chi connectivity index (χ2v) is 10.4. The third-order valence-electron chi connectivity index (χ3n) is 7.60. The Morgan fingerprint density at radius 2 is 1.68 bits per heavy atom. The summed E-state index contributed by atoms with van der Waals surface area (Å²) in [6, 6.07) is 19.7. The molecule has 1 atom stereocenters. The lowest BCUT2D eigenvalue weighted by atomic mass is 9.94. The SMILES string of the molecule is O=C(NC1CCCCC1)C(c1ccc(O)c(O)c1)N(C(=O)Cn1nnc2ccccc21)c1cnc2ccccc2c1. The highest BCUT2D eigenvalue weighted by Crippen LogP contribution is 2.35. The minimum atomic E-state index is -1.16. The summed E-state index contributed by atoms with van der Waals surface area (Å²) in [5, 5.41) is 32.7. The van der Waals surface area contributed by atoms with Crippen molar-refractivity contribution in [2.24, 2.45) is 0 Å². The number of amides is 2. The molecule has 2 heterocycles. The summed E-state index contributed by atoms with van der Waals surface area (Å²) >= 11 is 0. The van der Waals surface area contributed by atoms with E-state index in [1.165, 1.54) is 21.7 Å². The van der Waals surface area contributed by atoms with Crippen molar-refractivity contribution < 1.29 is 19.8 Å². The van der Waals surface area contributed by atoms with Crippen LogP contribution in [0.3, 0.4) is 0 Å². The average molecular weight is 551 g/mol. The predicted molar refractivity (Wildman–Crippen MR) is 154 cm³/mol. The number of para-hydroxylation sites is 2. The molecule has 1 fully saturated rings. The molecule has 6 rings (SSSR count). The van der Waals surface area contributed by atoms with Crippen LogP contribution in [0.5, 0.6) is 11.5 Å². The van der Waals surface area contributed by atoms with Gasteiger partial charge >= 0.3 is 0 Å². The van der Waals surface area contributed by atoms with Gasteiger partial charge in [-0.25, -0.2) is 4.68 Å². The maximum absolute atomic E-state index is 14.3. The number of nitrogens with zero attached hydrogens (tertiary/aromatic N) is 5. The predicted octanol–water partition coefficient (Wildman–Crippen LogP) is 4.61. The molecule has 3 N–H and O–H groups in total. The van der Waals surface area contributed by atoms with Crippen LogP contribution in [0.1, 0.15) is 43.7 Å². The number of anilines is 1. The highest BCUT2D eigenvalue weighted by Gasteiger charge is 2.35. The van der Waals surface area contributed by atoms with Crippen molar-refractivity contribution in [2.45, 2.75) is 50.7 Å². The molecule has 1 unspecified atom stereocenters. The minimum absolute atomic E-state index is 0.0181. The first-order chi connectivity index (χ1) is 20.0. The largest absolute Gasteiger partial charge is 0.504 e. The molecule has 0 saturated heterocycles. The molecule has 3 aromatic carbocycles. The molecule has 1 saturated carbocycles. The summed E-state index contributed by atoms with van der Waals surface area (Å²) in [4.78, 5) is 34.3. The number of rotatable bonds is 7. The van der Waals surface area contributed by atoms with E-state index in [-0.39, 0.29) is 30.0 Å². The Hall–Kier alpha value is -4.99. The van der Waals surface area contributed by atoms with E-state index >= 15 is 0 Å².